The zero-order valence-electron chi connectivity index (χ0n) is 18.2. The van der Waals surface area contributed by atoms with Gasteiger partial charge in [-0.3, -0.25) is 14.6 Å². The minimum Gasteiger partial charge on any atom is -0.481 e. The lowest BCUT2D eigenvalue weighted by atomic mass is 10.1. The molecule has 0 aliphatic rings. The van der Waals surface area contributed by atoms with Crippen molar-refractivity contribution in [1.82, 2.24) is 4.98 Å². The number of carboxylic acid groups (broad SMARTS) is 2. The number of carboxylic acids is 2. The first-order chi connectivity index (χ1) is 16.5. The zero-order valence-corrected chi connectivity index (χ0v) is 18.2. The van der Waals surface area contributed by atoms with Gasteiger partial charge in [-0.25, -0.2) is 4.79 Å². The van der Waals surface area contributed by atoms with Crippen LogP contribution in [0.15, 0.2) is 60.8 Å². The summed E-state index contributed by atoms with van der Waals surface area (Å²) in [6, 6.07) is 16.4. The first-order valence-corrected chi connectivity index (χ1v) is 10.2. The standard InChI is InChI=1S/C22H21N3O3.C2HF3O2/c23-19(11-12-21(26)27)22(28)25-17-9-6-15(7-10-17)5-8-16-13-14-24-20-4-2-1-3-18(16)20;3-2(4,5)1(6)7/h1-10,13-14,19H,11-12,23H2,(H,25,28)(H,26,27);(H,6,7)/b8-5+;/t19-;/m1./s1. The van der Waals surface area contributed by atoms with Gasteiger partial charge in [0, 0.05) is 23.7 Å². The molecule has 0 unspecified atom stereocenters. The van der Waals surface area contributed by atoms with Crippen LogP contribution in [-0.2, 0) is 14.4 Å². The normalized spacial score (nSPS) is 12.0. The Morgan fingerprint density at radius 1 is 1.00 bits per heavy atom. The smallest absolute Gasteiger partial charge is 0.481 e. The van der Waals surface area contributed by atoms with Crippen molar-refractivity contribution >= 4 is 46.6 Å². The monoisotopic (exact) mass is 489 g/mol. The maximum Gasteiger partial charge on any atom is 0.490 e. The van der Waals surface area contributed by atoms with Gasteiger partial charge >= 0.3 is 18.1 Å². The van der Waals surface area contributed by atoms with Gasteiger partial charge in [0.2, 0.25) is 5.91 Å². The van der Waals surface area contributed by atoms with Crippen LogP contribution in [0.4, 0.5) is 18.9 Å². The number of aromatic nitrogens is 1. The van der Waals surface area contributed by atoms with Crippen LogP contribution in [0.3, 0.4) is 0 Å². The maximum absolute atomic E-state index is 12.0. The summed E-state index contributed by atoms with van der Waals surface area (Å²) in [5, 5.41) is 19.6. The number of amides is 1. The largest absolute Gasteiger partial charge is 0.490 e. The summed E-state index contributed by atoms with van der Waals surface area (Å²) in [6.45, 7) is 0. The topological polar surface area (TPSA) is 143 Å². The average molecular weight is 489 g/mol. The molecule has 3 rings (SSSR count). The van der Waals surface area contributed by atoms with Crippen LogP contribution in [0.5, 0.6) is 0 Å². The summed E-state index contributed by atoms with van der Waals surface area (Å²) in [7, 11) is 0. The SMILES string of the molecule is N[C@H](CCC(=O)O)C(=O)Nc1ccc(/C=C/c2ccnc3ccccc23)cc1.O=C(O)C(F)(F)F. The Labute approximate surface area is 197 Å². The molecule has 3 aromatic rings. The quantitative estimate of drug-likeness (QED) is 0.390. The summed E-state index contributed by atoms with van der Waals surface area (Å²) in [6.07, 6.45) is 0.684. The molecular formula is C24H22F3N3O5. The minimum atomic E-state index is -5.08. The van der Waals surface area contributed by atoms with Gasteiger partial charge in [0.15, 0.2) is 0 Å². The molecule has 0 bridgehead atoms. The molecule has 0 aliphatic heterocycles. The van der Waals surface area contributed by atoms with Gasteiger partial charge in [-0.15, -0.1) is 0 Å². The van der Waals surface area contributed by atoms with Crippen molar-refractivity contribution in [1.29, 1.82) is 0 Å². The Kier molecular flexibility index (Phi) is 9.47. The van der Waals surface area contributed by atoms with E-state index in [-0.39, 0.29) is 12.8 Å². The Balaban J connectivity index is 0.000000540. The molecule has 1 amide bonds. The van der Waals surface area contributed by atoms with Crippen molar-refractivity contribution in [2.75, 3.05) is 5.32 Å². The van der Waals surface area contributed by atoms with E-state index in [1.807, 2.05) is 54.6 Å². The number of rotatable bonds is 7. The number of para-hydroxylation sites is 1. The summed E-state index contributed by atoms with van der Waals surface area (Å²) in [5.41, 5.74) is 9.33. The van der Waals surface area contributed by atoms with E-state index in [9.17, 15) is 22.8 Å². The number of alkyl halides is 3. The predicted molar refractivity (Wildman–Crippen MR) is 124 cm³/mol. The first kappa shape index (κ1) is 27.0. The molecule has 1 atom stereocenters. The third kappa shape index (κ3) is 8.89. The highest BCUT2D eigenvalue weighted by Crippen LogP contribution is 2.19. The molecule has 1 heterocycles. The van der Waals surface area contributed by atoms with Gasteiger partial charge in [-0.1, -0.05) is 42.5 Å². The molecule has 184 valence electrons. The van der Waals surface area contributed by atoms with Gasteiger partial charge in [0.05, 0.1) is 11.6 Å². The number of carbonyl (C=O) groups is 3. The molecule has 0 spiro atoms. The lowest BCUT2D eigenvalue weighted by molar-refractivity contribution is -0.192. The molecule has 0 fully saturated rings. The van der Waals surface area contributed by atoms with Gasteiger partial charge in [-0.05, 0) is 41.8 Å². The number of fused-ring (bicyclic) bond motifs is 1. The Morgan fingerprint density at radius 3 is 2.23 bits per heavy atom. The molecule has 1 aromatic heterocycles. The molecule has 0 saturated carbocycles. The second-order valence-corrected chi connectivity index (χ2v) is 7.20. The lowest BCUT2D eigenvalue weighted by Crippen LogP contribution is -2.36. The summed E-state index contributed by atoms with van der Waals surface area (Å²) in [4.78, 5) is 35.8. The van der Waals surface area contributed by atoms with Crippen molar-refractivity contribution in [2.45, 2.75) is 25.1 Å². The number of pyridine rings is 1. The van der Waals surface area contributed by atoms with Crippen LogP contribution in [0.25, 0.3) is 23.1 Å². The van der Waals surface area contributed by atoms with Crippen LogP contribution in [0.2, 0.25) is 0 Å². The van der Waals surface area contributed by atoms with Crippen LogP contribution >= 0.6 is 0 Å². The van der Waals surface area contributed by atoms with Gasteiger partial charge in [0.1, 0.15) is 0 Å². The van der Waals surface area contributed by atoms with Crippen LogP contribution in [0, 0.1) is 0 Å². The first-order valence-electron chi connectivity index (χ1n) is 10.2. The number of halogens is 3. The number of nitrogens with zero attached hydrogens (tertiary/aromatic N) is 1. The number of aliphatic carboxylic acids is 2. The lowest BCUT2D eigenvalue weighted by Gasteiger charge is -2.11. The third-order valence-corrected chi connectivity index (χ3v) is 4.56. The Hall–Kier alpha value is -4.25. The molecule has 0 radical (unpaired) electrons. The van der Waals surface area contributed by atoms with Crippen molar-refractivity contribution in [3.05, 3.63) is 71.9 Å². The van der Waals surface area contributed by atoms with Gasteiger partial charge < -0.3 is 21.3 Å². The van der Waals surface area contributed by atoms with E-state index in [0.717, 1.165) is 22.0 Å². The number of anilines is 1. The Bertz CT molecular complexity index is 1210. The minimum absolute atomic E-state index is 0.0991. The van der Waals surface area contributed by atoms with E-state index in [2.05, 4.69) is 10.3 Å². The van der Waals surface area contributed by atoms with Crippen molar-refractivity contribution in [3.63, 3.8) is 0 Å². The highest BCUT2D eigenvalue weighted by molar-refractivity contribution is 5.95. The number of carbonyl (C=O) groups excluding carboxylic acids is 1. The Morgan fingerprint density at radius 2 is 1.63 bits per heavy atom. The number of benzene rings is 2. The van der Waals surface area contributed by atoms with E-state index < -0.39 is 30.1 Å². The fourth-order valence-corrected chi connectivity index (χ4v) is 2.77. The second kappa shape index (κ2) is 12.3. The van der Waals surface area contributed by atoms with E-state index in [4.69, 9.17) is 20.7 Å². The third-order valence-electron chi connectivity index (χ3n) is 4.56. The summed E-state index contributed by atoms with van der Waals surface area (Å²) < 4.78 is 31.7. The summed E-state index contributed by atoms with van der Waals surface area (Å²) in [5.74, 6) is -4.12. The van der Waals surface area contributed by atoms with E-state index in [1.165, 1.54) is 0 Å². The van der Waals surface area contributed by atoms with E-state index in [0.29, 0.717) is 5.69 Å². The van der Waals surface area contributed by atoms with Crippen molar-refractivity contribution in [3.8, 4) is 0 Å². The van der Waals surface area contributed by atoms with Crippen molar-refractivity contribution in [2.24, 2.45) is 5.73 Å². The number of nitrogens with two attached hydrogens (primary N) is 1. The number of nitrogens with one attached hydrogen (secondary N) is 1. The highest BCUT2D eigenvalue weighted by atomic mass is 19.4. The molecular weight excluding hydrogens is 467 g/mol. The second-order valence-electron chi connectivity index (χ2n) is 7.20. The fraction of sp³-hybridized carbons (Fsp3) is 0.167. The van der Waals surface area contributed by atoms with E-state index >= 15 is 0 Å². The molecule has 0 aliphatic carbocycles. The number of hydrogen-bond acceptors (Lipinski definition) is 5. The zero-order chi connectivity index (χ0) is 26.0. The van der Waals surface area contributed by atoms with Crippen LogP contribution in [-0.4, -0.2) is 45.3 Å². The fourth-order valence-electron chi connectivity index (χ4n) is 2.77. The van der Waals surface area contributed by atoms with Crippen LogP contribution in [0.1, 0.15) is 24.0 Å². The molecule has 2 aromatic carbocycles. The predicted octanol–water partition coefficient (Wildman–Crippen LogP) is 4.17. The summed E-state index contributed by atoms with van der Waals surface area (Å²) >= 11 is 0. The molecule has 8 nitrogen and oxygen atoms in total. The highest BCUT2D eigenvalue weighted by Gasteiger charge is 2.38. The molecule has 11 heteroatoms. The van der Waals surface area contributed by atoms with E-state index in [1.54, 1.807) is 18.3 Å². The average Bonchev–Trinajstić information content (AvgIpc) is 2.81. The molecule has 35 heavy (non-hydrogen) atoms. The van der Waals surface area contributed by atoms with Crippen LogP contribution < -0.4 is 11.1 Å². The molecule has 0 saturated heterocycles. The number of hydrogen-bond donors (Lipinski definition) is 4. The van der Waals surface area contributed by atoms with Crippen molar-refractivity contribution < 1.29 is 37.8 Å². The molecule has 5 N–H and O–H groups in total. The van der Waals surface area contributed by atoms with Gasteiger partial charge in [-0.2, -0.15) is 13.2 Å². The van der Waals surface area contributed by atoms with Gasteiger partial charge in [0.25, 0.3) is 0 Å². The maximum atomic E-state index is 12.0.